The van der Waals surface area contributed by atoms with Gasteiger partial charge in [-0.25, -0.2) is 9.78 Å². The molecular formula is C24H34N6O6. The Bertz CT molecular complexity index is 1000. The fourth-order valence-corrected chi connectivity index (χ4v) is 3.47. The number of aromatic nitrogens is 2. The number of hydrogen-bond donors (Lipinski definition) is 7. The Morgan fingerprint density at radius 3 is 2.19 bits per heavy atom. The molecule has 0 aliphatic heterocycles. The standard InChI is InChI=1S/C24H34N6O6/c1-3-14(2)20(24(35)36)30-23(34)19(12-31)29-22(33)18(10-16-11-26-13-27-16)28-21(32)17(25)9-15-7-5-4-6-8-15/h4-8,11,13-14,17-20,31H,3,9-10,12,25H2,1-2H3,(H,26,27)(H,28,32)(H,29,33)(H,30,34)(H,35,36). The minimum atomic E-state index is -1.43. The molecule has 0 fully saturated rings. The maximum atomic E-state index is 13.1. The van der Waals surface area contributed by atoms with Gasteiger partial charge in [0.15, 0.2) is 0 Å². The number of carbonyl (C=O) groups is 4. The van der Waals surface area contributed by atoms with Crippen LogP contribution in [0, 0.1) is 5.92 Å². The van der Waals surface area contributed by atoms with Gasteiger partial charge in [0.2, 0.25) is 17.7 Å². The lowest BCUT2D eigenvalue weighted by Crippen LogP contribution is -2.59. The van der Waals surface area contributed by atoms with E-state index in [1.54, 1.807) is 13.8 Å². The second-order valence-electron chi connectivity index (χ2n) is 8.59. The number of carboxylic acids is 1. The highest BCUT2D eigenvalue weighted by Crippen LogP contribution is 2.09. The summed E-state index contributed by atoms with van der Waals surface area (Å²) in [7, 11) is 0. The van der Waals surface area contributed by atoms with Gasteiger partial charge in [0.25, 0.3) is 0 Å². The molecule has 1 aromatic heterocycles. The Kier molecular flexibility index (Phi) is 11.0. The highest BCUT2D eigenvalue weighted by atomic mass is 16.4. The van der Waals surface area contributed by atoms with Crippen molar-refractivity contribution in [1.82, 2.24) is 25.9 Å². The number of nitrogens with two attached hydrogens (primary N) is 1. The van der Waals surface area contributed by atoms with Crippen LogP contribution in [0.25, 0.3) is 0 Å². The Balaban J connectivity index is 2.11. The van der Waals surface area contributed by atoms with Crippen LogP contribution in [-0.4, -0.2) is 74.6 Å². The summed E-state index contributed by atoms with van der Waals surface area (Å²) in [6, 6.07) is 4.45. The van der Waals surface area contributed by atoms with Crippen molar-refractivity contribution in [2.75, 3.05) is 6.61 Å². The number of carbonyl (C=O) groups excluding carboxylic acids is 3. The largest absolute Gasteiger partial charge is 0.480 e. The SMILES string of the molecule is CCC(C)C(NC(=O)C(CO)NC(=O)C(Cc1cnc[nH]1)NC(=O)C(N)Cc1ccccc1)C(=O)O. The number of nitrogens with zero attached hydrogens (tertiary/aromatic N) is 1. The second kappa shape index (κ2) is 14.0. The van der Waals surface area contributed by atoms with E-state index in [1.165, 1.54) is 12.5 Å². The zero-order chi connectivity index (χ0) is 26.7. The summed E-state index contributed by atoms with van der Waals surface area (Å²) < 4.78 is 0. The summed E-state index contributed by atoms with van der Waals surface area (Å²) in [6.07, 6.45) is 3.65. The monoisotopic (exact) mass is 502 g/mol. The molecule has 5 atom stereocenters. The summed E-state index contributed by atoms with van der Waals surface area (Å²) in [4.78, 5) is 56.8. The van der Waals surface area contributed by atoms with E-state index in [-0.39, 0.29) is 18.8 Å². The molecule has 0 bridgehead atoms. The number of carboxylic acid groups (broad SMARTS) is 1. The lowest BCUT2D eigenvalue weighted by molar-refractivity contribution is -0.144. The molecule has 1 aromatic carbocycles. The van der Waals surface area contributed by atoms with Crippen LogP contribution in [0.1, 0.15) is 31.5 Å². The Morgan fingerprint density at radius 1 is 1.00 bits per heavy atom. The first-order valence-electron chi connectivity index (χ1n) is 11.7. The number of rotatable bonds is 14. The van der Waals surface area contributed by atoms with Crippen molar-refractivity contribution in [1.29, 1.82) is 0 Å². The molecule has 36 heavy (non-hydrogen) atoms. The molecule has 8 N–H and O–H groups in total. The summed E-state index contributed by atoms with van der Waals surface area (Å²) in [5.41, 5.74) is 7.44. The molecule has 2 aromatic rings. The summed E-state index contributed by atoms with van der Waals surface area (Å²) in [5.74, 6) is -3.79. The quantitative estimate of drug-likeness (QED) is 0.172. The van der Waals surface area contributed by atoms with Gasteiger partial charge in [-0.3, -0.25) is 14.4 Å². The average Bonchev–Trinajstić information content (AvgIpc) is 3.38. The number of benzene rings is 1. The number of H-pyrrole nitrogens is 1. The Morgan fingerprint density at radius 2 is 1.64 bits per heavy atom. The number of aliphatic hydroxyl groups is 1. The van der Waals surface area contributed by atoms with Crippen LogP contribution in [-0.2, 0) is 32.0 Å². The molecule has 0 saturated carbocycles. The molecule has 1 heterocycles. The molecule has 196 valence electrons. The average molecular weight is 503 g/mol. The van der Waals surface area contributed by atoms with Gasteiger partial charge in [-0.1, -0.05) is 50.6 Å². The molecule has 0 saturated heterocycles. The molecule has 0 spiro atoms. The third-order valence-electron chi connectivity index (χ3n) is 5.84. The Labute approximate surface area is 209 Å². The molecule has 0 aliphatic rings. The predicted octanol–water partition coefficient (Wildman–Crippen LogP) is -0.900. The second-order valence-corrected chi connectivity index (χ2v) is 8.59. The molecular weight excluding hydrogens is 468 g/mol. The van der Waals surface area contributed by atoms with Gasteiger partial charge in [-0.05, 0) is 17.9 Å². The predicted molar refractivity (Wildman–Crippen MR) is 130 cm³/mol. The highest BCUT2D eigenvalue weighted by Gasteiger charge is 2.32. The first-order chi connectivity index (χ1) is 17.2. The van der Waals surface area contributed by atoms with Crippen molar-refractivity contribution in [3.8, 4) is 0 Å². The fraction of sp³-hybridized carbons (Fsp3) is 0.458. The van der Waals surface area contributed by atoms with E-state index in [1.807, 2.05) is 30.3 Å². The van der Waals surface area contributed by atoms with E-state index in [0.29, 0.717) is 12.1 Å². The topological polar surface area (TPSA) is 200 Å². The molecule has 3 amide bonds. The zero-order valence-corrected chi connectivity index (χ0v) is 20.3. The Hall–Kier alpha value is -3.77. The molecule has 5 unspecified atom stereocenters. The van der Waals surface area contributed by atoms with Crippen molar-refractivity contribution in [3.63, 3.8) is 0 Å². The first kappa shape index (κ1) is 28.5. The summed E-state index contributed by atoms with van der Waals surface area (Å²) >= 11 is 0. The molecule has 12 heteroatoms. The lowest BCUT2D eigenvalue weighted by atomic mass is 9.99. The highest BCUT2D eigenvalue weighted by molar-refractivity contribution is 5.94. The van der Waals surface area contributed by atoms with E-state index in [2.05, 4.69) is 25.9 Å². The van der Waals surface area contributed by atoms with Gasteiger partial charge >= 0.3 is 5.97 Å². The van der Waals surface area contributed by atoms with Crippen molar-refractivity contribution in [2.24, 2.45) is 11.7 Å². The van der Waals surface area contributed by atoms with Crippen LogP contribution in [0.15, 0.2) is 42.9 Å². The molecule has 0 aliphatic carbocycles. The number of aliphatic carboxylic acids is 1. The fourth-order valence-electron chi connectivity index (χ4n) is 3.47. The summed E-state index contributed by atoms with van der Waals surface area (Å²) in [5, 5.41) is 26.5. The minimum Gasteiger partial charge on any atom is -0.480 e. The lowest BCUT2D eigenvalue weighted by Gasteiger charge is -2.25. The molecule has 12 nitrogen and oxygen atoms in total. The molecule has 2 rings (SSSR count). The number of aromatic amines is 1. The van der Waals surface area contributed by atoms with Gasteiger partial charge < -0.3 is 36.9 Å². The van der Waals surface area contributed by atoms with Crippen molar-refractivity contribution in [3.05, 3.63) is 54.1 Å². The van der Waals surface area contributed by atoms with Crippen LogP contribution >= 0.6 is 0 Å². The number of imidazole rings is 1. The van der Waals surface area contributed by atoms with Crippen LogP contribution in [0.4, 0.5) is 0 Å². The van der Waals surface area contributed by atoms with Gasteiger partial charge in [0, 0.05) is 18.3 Å². The van der Waals surface area contributed by atoms with E-state index in [4.69, 9.17) is 5.73 Å². The number of nitrogens with one attached hydrogen (secondary N) is 4. The van der Waals surface area contributed by atoms with Gasteiger partial charge in [-0.15, -0.1) is 0 Å². The number of aliphatic hydroxyl groups excluding tert-OH is 1. The zero-order valence-electron chi connectivity index (χ0n) is 20.3. The van der Waals surface area contributed by atoms with Crippen LogP contribution in [0.3, 0.4) is 0 Å². The summed E-state index contributed by atoms with van der Waals surface area (Å²) in [6.45, 7) is 2.67. The van der Waals surface area contributed by atoms with E-state index in [9.17, 15) is 29.4 Å². The van der Waals surface area contributed by atoms with Crippen LogP contribution in [0.5, 0.6) is 0 Å². The number of amides is 3. The third kappa shape index (κ3) is 8.47. The van der Waals surface area contributed by atoms with Crippen LogP contribution in [0.2, 0.25) is 0 Å². The van der Waals surface area contributed by atoms with Crippen molar-refractivity contribution in [2.45, 2.75) is 57.3 Å². The van der Waals surface area contributed by atoms with Crippen molar-refractivity contribution < 1.29 is 29.4 Å². The normalized spacial score (nSPS) is 15.1. The molecule has 0 radical (unpaired) electrons. The smallest absolute Gasteiger partial charge is 0.326 e. The first-order valence-corrected chi connectivity index (χ1v) is 11.7. The third-order valence-corrected chi connectivity index (χ3v) is 5.84. The van der Waals surface area contributed by atoms with Gasteiger partial charge in [0.1, 0.15) is 18.1 Å². The number of hydrogen-bond acceptors (Lipinski definition) is 7. The maximum absolute atomic E-state index is 13.1. The van der Waals surface area contributed by atoms with Gasteiger partial charge in [-0.2, -0.15) is 0 Å². The van der Waals surface area contributed by atoms with E-state index >= 15 is 0 Å². The van der Waals surface area contributed by atoms with E-state index < -0.39 is 54.5 Å². The minimum absolute atomic E-state index is 0.0139. The van der Waals surface area contributed by atoms with Crippen molar-refractivity contribution >= 4 is 23.7 Å². The maximum Gasteiger partial charge on any atom is 0.326 e. The van der Waals surface area contributed by atoms with Crippen LogP contribution < -0.4 is 21.7 Å². The van der Waals surface area contributed by atoms with E-state index in [0.717, 1.165) is 5.56 Å². The van der Waals surface area contributed by atoms with Gasteiger partial charge in [0.05, 0.1) is 19.0 Å².